The molecule has 1 aliphatic carbocycles. The minimum atomic E-state index is -4.13. The van der Waals surface area contributed by atoms with Crippen LogP contribution in [0, 0.1) is 0 Å². The number of aliphatic hydroxyl groups is 1. The van der Waals surface area contributed by atoms with Gasteiger partial charge in [0.2, 0.25) is 0 Å². The molecule has 1 atom stereocenters. The summed E-state index contributed by atoms with van der Waals surface area (Å²) < 4.78 is 37.1. The van der Waals surface area contributed by atoms with Crippen molar-refractivity contribution in [2.75, 3.05) is 37.6 Å². The molecule has 0 radical (unpaired) electrons. The zero-order valence-electron chi connectivity index (χ0n) is 11.6. The zero-order valence-corrected chi connectivity index (χ0v) is 12.4. The van der Waals surface area contributed by atoms with Gasteiger partial charge in [-0.25, -0.2) is 4.98 Å². The van der Waals surface area contributed by atoms with Crippen molar-refractivity contribution in [3.8, 4) is 0 Å². The Labute approximate surface area is 125 Å². The molecule has 1 fully saturated rings. The van der Waals surface area contributed by atoms with Crippen LogP contribution in [0.3, 0.4) is 0 Å². The number of alkyl halides is 3. The average molecular weight is 321 g/mol. The number of halogens is 3. The third-order valence-electron chi connectivity index (χ3n) is 3.96. The zero-order chi connectivity index (χ0) is 15.0. The predicted molar refractivity (Wildman–Crippen MR) is 74.7 cm³/mol. The molecule has 0 bridgehead atoms. The van der Waals surface area contributed by atoms with Gasteiger partial charge < -0.3 is 10.0 Å². The molecule has 0 spiro atoms. The summed E-state index contributed by atoms with van der Waals surface area (Å²) in [7, 11) is 0. The van der Waals surface area contributed by atoms with Crippen LogP contribution in [0.2, 0.25) is 0 Å². The first kappa shape index (κ1) is 15.1. The van der Waals surface area contributed by atoms with E-state index in [9.17, 15) is 18.3 Å². The van der Waals surface area contributed by atoms with Crippen LogP contribution in [0.5, 0.6) is 0 Å². The highest BCUT2D eigenvalue weighted by Crippen LogP contribution is 2.37. The Balaban J connectivity index is 1.62. The van der Waals surface area contributed by atoms with Gasteiger partial charge in [0.1, 0.15) is 0 Å². The topological polar surface area (TPSA) is 39.6 Å². The second-order valence-corrected chi connectivity index (χ2v) is 6.60. The van der Waals surface area contributed by atoms with E-state index in [0.29, 0.717) is 26.2 Å². The first-order chi connectivity index (χ1) is 9.92. The Hall–Kier alpha value is -0.860. The Morgan fingerprint density at radius 1 is 1.24 bits per heavy atom. The summed E-state index contributed by atoms with van der Waals surface area (Å²) >= 11 is 1.49. The number of rotatable bonds is 2. The molecule has 4 nitrogen and oxygen atoms in total. The van der Waals surface area contributed by atoms with Gasteiger partial charge >= 0.3 is 6.18 Å². The van der Waals surface area contributed by atoms with Crippen LogP contribution in [-0.2, 0) is 6.42 Å². The Kier molecular flexibility index (Phi) is 4.11. The highest BCUT2D eigenvalue weighted by Gasteiger charge is 2.33. The average Bonchev–Trinajstić information content (AvgIpc) is 2.83. The van der Waals surface area contributed by atoms with E-state index in [2.05, 4.69) is 4.98 Å². The first-order valence-corrected chi connectivity index (χ1v) is 7.96. The lowest BCUT2D eigenvalue weighted by atomic mass is 10.0. The molecule has 2 aliphatic rings. The molecule has 1 aromatic rings. The van der Waals surface area contributed by atoms with E-state index in [1.54, 1.807) is 0 Å². The van der Waals surface area contributed by atoms with E-state index in [1.807, 2.05) is 4.90 Å². The summed E-state index contributed by atoms with van der Waals surface area (Å²) in [5.74, 6) is 0. The number of piperazine rings is 1. The molecule has 21 heavy (non-hydrogen) atoms. The van der Waals surface area contributed by atoms with Crippen LogP contribution in [-0.4, -0.2) is 53.9 Å². The summed E-state index contributed by atoms with van der Waals surface area (Å²) in [4.78, 5) is 8.97. The van der Waals surface area contributed by atoms with Gasteiger partial charge in [0.15, 0.2) is 5.13 Å². The SMILES string of the molecule is OC1CCCc2nc(N3CCN(CC(F)(F)F)CC3)sc21. The number of fused-ring (bicyclic) bond motifs is 1. The van der Waals surface area contributed by atoms with Gasteiger partial charge in [-0.2, -0.15) is 13.2 Å². The lowest BCUT2D eigenvalue weighted by molar-refractivity contribution is -0.146. The van der Waals surface area contributed by atoms with Gasteiger partial charge in [-0.3, -0.25) is 4.90 Å². The van der Waals surface area contributed by atoms with Crippen molar-refractivity contribution >= 4 is 16.5 Å². The van der Waals surface area contributed by atoms with Gasteiger partial charge in [0.25, 0.3) is 0 Å². The maximum absolute atomic E-state index is 12.4. The highest BCUT2D eigenvalue weighted by molar-refractivity contribution is 7.15. The molecule has 1 aromatic heterocycles. The van der Waals surface area contributed by atoms with Crippen molar-refractivity contribution in [1.29, 1.82) is 0 Å². The number of nitrogens with zero attached hydrogens (tertiary/aromatic N) is 3. The maximum Gasteiger partial charge on any atom is 0.401 e. The molecule has 1 unspecified atom stereocenters. The largest absolute Gasteiger partial charge is 0.401 e. The van der Waals surface area contributed by atoms with Crippen molar-refractivity contribution in [2.45, 2.75) is 31.5 Å². The highest BCUT2D eigenvalue weighted by atomic mass is 32.1. The molecule has 1 N–H and O–H groups in total. The normalized spacial score (nSPS) is 24.2. The summed E-state index contributed by atoms with van der Waals surface area (Å²) in [6.45, 7) is 1.06. The second kappa shape index (κ2) is 5.73. The Bertz CT molecular complexity index is 497. The molecule has 1 aliphatic heterocycles. The molecule has 0 amide bonds. The minimum absolute atomic E-state index is 0.395. The number of aliphatic hydroxyl groups excluding tert-OH is 1. The van der Waals surface area contributed by atoms with Crippen LogP contribution >= 0.6 is 11.3 Å². The predicted octanol–water partition coefficient (Wildman–Crippen LogP) is 2.20. The second-order valence-electron chi connectivity index (χ2n) is 5.59. The van der Waals surface area contributed by atoms with E-state index >= 15 is 0 Å². The molecule has 0 saturated carbocycles. The number of hydrogen-bond acceptors (Lipinski definition) is 5. The third-order valence-corrected chi connectivity index (χ3v) is 5.22. The monoisotopic (exact) mass is 321 g/mol. The lowest BCUT2D eigenvalue weighted by Crippen LogP contribution is -2.49. The number of aromatic nitrogens is 1. The first-order valence-electron chi connectivity index (χ1n) is 7.14. The van der Waals surface area contributed by atoms with Crippen molar-refractivity contribution in [3.05, 3.63) is 10.6 Å². The molecular weight excluding hydrogens is 303 g/mol. The van der Waals surface area contributed by atoms with Gasteiger partial charge in [0, 0.05) is 26.2 Å². The van der Waals surface area contributed by atoms with Crippen molar-refractivity contribution in [3.63, 3.8) is 0 Å². The summed E-state index contributed by atoms with van der Waals surface area (Å²) in [5.41, 5.74) is 0.964. The summed E-state index contributed by atoms with van der Waals surface area (Å²) in [5, 5.41) is 10.8. The molecule has 0 aromatic carbocycles. The fourth-order valence-electron chi connectivity index (χ4n) is 2.87. The summed E-state index contributed by atoms with van der Waals surface area (Å²) in [6.07, 6.45) is -1.96. The molecule has 118 valence electrons. The number of thiazole rings is 1. The van der Waals surface area contributed by atoms with E-state index in [0.717, 1.165) is 35.0 Å². The molecular formula is C13H18F3N3OS. The van der Waals surface area contributed by atoms with Crippen molar-refractivity contribution in [1.82, 2.24) is 9.88 Å². The Morgan fingerprint density at radius 2 is 1.95 bits per heavy atom. The quantitative estimate of drug-likeness (QED) is 0.906. The third kappa shape index (κ3) is 3.49. The van der Waals surface area contributed by atoms with E-state index < -0.39 is 18.8 Å². The van der Waals surface area contributed by atoms with Crippen molar-refractivity contribution < 1.29 is 18.3 Å². The van der Waals surface area contributed by atoms with E-state index in [-0.39, 0.29) is 0 Å². The number of anilines is 1. The molecule has 1 saturated heterocycles. The fourth-order valence-corrected chi connectivity index (χ4v) is 4.05. The van der Waals surface area contributed by atoms with Crippen LogP contribution in [0.15, 0.2) is 0 Å². The lowest BCUT2D eigenvalue weighted by Gasteiger charge is -2.34. The molecule has 3 rings (SSSR count). The van der Waals surface area contributed by atoms with Crippen LogP contribution in [0.1, 0.15) is 29.5 Å². The van der Waals surface area contributed by atoms with Gasteiger partial charge in [0.05, 0.1) is 23.2 Å². The van der Waals surface area contributed by atoms with Crippen LogP contribution in [0.4, 0.5) is 18.3 Å². The number of aryl methyl sites for hydroxylation is 1. The fraction of sp³-hybridized carbons (Fsp3) is 0.769. The number of hydrogen-bond donors (Lipinski definition) is 1. The smallest absolute Gasteiger partial charge is 0.388 e. The maximum atomic E-state index is 12.4. The van der Waals surface area contributed by atoms with Crippen LogP contribution in [0.25, 0.3) is 0 Å². The van der Waals surface area contributed by atoms with E-state index in [4.69, 9.17) is 0 Å². The standard InChI is InChI=1S/C13H18F3N3OS/c14-13(15,16)8-18-4-6-19(7-5-18)12-17-9-2-1-3-10(20)11(9)21-12/h10,20H,1-8H2. The van der Waals surface area contributed by atoms with Crippen LogP contribution < -0.4 is 4.90 Å². The van der Waals surface area contributed by atoms with Crippen molar-refractivity contribution in [2.24, 2.45) is 0 Å². The van der Waals surface area contributed by atoms with Gasteiger partial charge in [-0.1, -0.05) is 11.3 Å². The Morgan fingerprint density at radius 3 is 2.57 bits per heavy atom. The summed E-state index contributed by atoms with van der Waals surface area (Å²) in [6, 6.07) is 0. The molecule has 2 heterocycles. The minimum Gasteiger partial charge on any atom is -0.388 e. The van der Waals surface area contributed by atoms with E-state index in [1.165, 1.54) is 16.2 Å². The molecule has 8 heteroatoms. The van der Waals surface area contributed by atoms with Gasteiger partial charge in [-0.05, 0) is 19.3 Å². The van der Waals surface area contributed by atoms with Gasteiger partial charge in [-0.15, -0.1) is 0 Å².